The van der Waals surface area contributed by atoms with Crippen LogP contribution < -0.4 is 0 Å². The van der Waals surface area contributed by atoms with Crippen molar-refractivity contribution in [2.75, 3.05) is 0 Å². The zero-order chi connectivity index (χ0) is 17.6. The van der Waals surface area contributed by atoms with Gasteiger partial charge in [0.2, 0.25) is 0 Å². The highest BCUT2D eigenvalue weighted by molar-refractivity contribution is 6.60. The summed E-state index contributed by atoms with van der Waals surface area (Å²) in [5.74, 6) is 0.409. The van der Waals surface area contributed by atoms with Crippen LogP contribution >= 0.6 is 0 Å². The molecule has 1 aliphatic heterocycles. The molecule has 2 fully saturated rings. The Hall–Kier alpha value is -0.703. The van der Waals surface area contributed by atoms with Gasteiger partial charge in [0, 0.05) is 8.80 Å². The van der Waals surface area contributed by atoms with Crippen LogP contribution in [0.15, 0.2) is 18.2 Å². The maximum absolute atomic E-state index is 13.3. The van der Waals surface area contributed by atoms with Gasteiger partial charge in [-0.3, -0.25) is 0 Å². The lowest BCUT2D eigenvalue weighted by molar-refractivity contribution is 0.330. The molecule has 3 rings (SSSR count). The molecule has 0 bridgehead atoms. The summed E-state index contributed by atoms with van der Waals surface area (Å²) >= 11 is 0. The van der Waals surface area contributed by atoms with Crippen LogP contribution in [0.5, 0.6) is 0 Å². The SMILES string of the molecule is CCCC1CCC([SiH]2CCC(CCc3ccc(F)c(F)c3)CC2)CC1. The van der Waals surface area contributed by atoms with Gasteiger partial charge in [0.05, 0.1) is 0 Å². The van der Waals surface area contributed by atoms with Gasteiger partial charge in [-0.05, 0) is 47.9 Å². The summed E-state index contributed by atoms with van der Waals surface area (Å²) in [4.78, 5) is 0. The molecule has 3 heteroatoms. The van der Waals surface area contributed by atoms with Gasteiger partial charge < -0.3 is 0 Å². The van der Waals surface area contributed by atoms with E-state index in [1.54, 1.807) is 6.07 Å². The van der Waals surface area contributed by atoms with E-state index in [4.69, 9.17) is 0 Å². The molecule has 2 aliphatic rings. The summed E-state index contributed by atoms with van der Waals surface area (Å²) in [6.45, 7) is 2.32. The zero-order valence-electron chi connectivity index (χ0n) is 15.8. The van der Waals surface area contributed by atoms with E-state index >= 15 is 0 Å². The van der Waals surface area contributed by atoms with Crippen molar-refractivity contribution < 1.29 is 8.78 Å². The highest BCUT2D eigenvalue weighted by atomic mass is 28.3. The van der Waals surface area contributed by atoms with Gasteiger partial charge in [0.1, 0.15) is 0 Å². The largest absolute Gasteiger partial charge is 0.204 e. The van der Waals surface area contributed by atoms with E-state index in [0.29, 0.717) is 0 Å². The zero-order valence-corrected chi connectivity index (χ0v) is 16.9. The lowest BCUT2D eigenvalue weighted by Gasteiger charge is -2.37. The van der Waals surface area contributed by atoms with E-state index in [1.807, 2.05) is 0 Å². The van der Waals surface area contributed by atoms with Crippen LogP contribution in [0.3, 0.4) is 0 Å². The monoisotopic (exact) mass is 364 g/mol. The molecular weight excluding hydrogens is 330 g/mol. The first-order valence-electron chi connectivity index (χ1n) is 10.6. The second kappa shape index (κ2) is 9.30. The van der Waals surface area contributed by atoms with Crippen LogP contribution in [0.4, 0.5) is 8.78 Å². The molecule has 0 N–H and O–H groups in total. The van der Waals surface area contributed by atoms with E-state index < -0.39 is 20.4 Å². The second-order valence-corrected chi connectivity index (χ2v) is 12.3. The Morgan fingerprint density at radius 2 is 1.56 bits per heavy atom. The molecule has 1 saturated heterocycles. The molecule has 0 spiro atoms. The number of halogens is 2. The Labute approximate surface area is 154 Å². The Kier molecular flexibility index (Phi) is 7.09. The molecule has 1 aliphatic carbocycles. The topological polar surface area (TPSA) is 0 Å². The summed E-state index contributed by atoms with van der Waals surface area (Å²) in [7, 11) is -0.516. The maximum Gasteiger partial charge on any atom is 0.159 e. The fraction of sp³-hybridized carbons (Fsp3) is 0.727. The summed E-state index contributed by atoms with van der Waals surface area (Å²) in [5, 5.41) is 0. The summed E-state index contributed by atoms with van der Waals surface area (Å²) in [5.41, 5.74) is 2.08. The van der Waals surface area contributed by atoms with Gasteiger partial charge >= 0.3 is 0 Å². The number of rotatable bonds is 6. The Morgan fingerprint density at radius 3 is 2.20 bits per heavy atom. The first-order valence-corrected chi connectivity index (χ1v) is 12.9. The Morgan fingerprint density at radius 1 is 0.880 bits per heavy atom. The van der Waals surface area contributed by atoms with Crippen LogP contribution in [0.2, 0.25) is 17.6 Å². The Bertz CT molecular complexity index is 529. The van der Waals surface area contributed by atoms with Gasteiger partial charge in [-0.1, -0.05) is 76.4 Å². The lowest BCUT2D eigenvalue weighted by atomic mass is 9.86. The molecule has 1 aromatic rings. The number of hydrogen-bond donors (Lipinski definition) is 0. The van der Waals surface area contributed by atoms with Crippen molar-refractivity contribution in [3.63, 3.8) is 0 Å². The summed E-state index contributed by atoms with van der Waals surface area (Å²) in [6.07, 6.45) is 13.7. The van der Waals surface area contributed by atoms with Gasteiger partial charge in [0.15, 0.2) is 11.6 Å². The third-order valence-electron chi connectivity index (χ3n) is 6.97. The Balaban J connectivity index is 1.38. The standard InChI is InChI=1S/C22H34F2Si/c1-2-3-17-6-9-20(10-7-17)25-14-12-18(13-15-25)4-5-19-8-11-21(23)22(24)16-19/h8,11,16-18,20,25H,2-7,9-10,12-15H2,1H3. The number of benzene rings is 1. The first-order chi connectivity index (χ1) is 12.2. The maximum atomic E-state index is 13.3. The average molecular weight is 365 g/mol. The van der Waals surface area contributed by atoms with Gasteiger partial charge in [0.25, 0.3) is 0 Å². The minimum atomic E-state index is -0.732. The smallest absolute Gasteiger partial charge is 0.159 e. The first kappa shape index (κ1) is 19.1. The molecule has 0 unspecified atom stereocenters. The third-order valence-corrected chi connectivity index (χ3v) is 11.1. The van der Waals surface area contributed by atoms with Crippen molar-refractivity contribution in [2.45, 2.75) is 88.8 Å². The molecule has 1 saturated carbocycles. The second-order valence-electron chi connectivity index (χ2n) is 8.64. The van der Waals surface area contributed by atoms with Crippen molar-refractivity contribution in [3.8, 4) is 0 Å². The van der Waals surface area contributed by atoms with Crippen molar-refractivity contribution in [1.82, 2.24) is 0 Å². The van der Waals surface area contributed by atoms with Crippen molar-refractivity contribution >= 4 is 8.80 Å². The third kappa shape index (κ3) is 5.38. The molecular formula is C22H34F2Si. The van der Waals surface area contributed by atoms with Crippen LogP contribution in [-0.4, -0.2) is 8.80 Å². The molecule has 0 aromatic heterocycles. The molecule has 140 valence electrons. The molecule has 0 nitrogen and oxygen atoms in total. The van der Waals surface area contributed by atoms with E-state index in [9.17, 15) is 8.78 Å². The molecule has 1 heterocycles. The molecule has 25 heavy (non-hydrogen) atoms. The average Bonchev–Trinajstić information content (AvgIpc) is 2.64. The molecule has 0 atom stereocenters. The van der Waals surface area contributed by atoms with Crippen molar-refractivity contribution in [3.05, 3.63) is 35.4 Å². The lowest BCUT2D eigenvalue weighted by Crippen LogP contribution is -2.29. The quantitative estimate of drug-likeness (QED) is 0.482. The highest BCUT2D eigenvalue weighted by Crippen LogP contribution is 2.42. The number of aryl methyl sites for hydroxylation is 1. The van der Waals surface area contributed by atoms with Crippen molar-refractivity contribution in [1.29, 1.82) is 0 Å². The predicted octanol–water partition coefficient (Wildman–Crippen LogP) is 6.90. The van der Waals surface area contributed by atoms with Gasteiger partial charge in [-0.25, -0.2) is 8.78 Å². The minimum Gasteiger partial charge on any atom is -0.204 e. The van der Waals surface area contributed by atoms with E-state index in [2.05, 4.69) is 6.92 Å². The molecule has 1 aromatic carbocycles. The van der Waals surface area contributed by atoms with E-state index in [0.717, 1.165) is 35.8 Å². The van der Waals surface area contributed by atoms with Crippen LogP contribution in [0.1, 0.15) is 70.3 Å². The highest BCUT2D eigenvalue weighted by Gasteiger charge is 2.31. The molecule has 0 radical (unpaired) electrons. The predicted molar refractivity (Wildman–Crippen MR) is 105 cm³/mol. The summed E-state index contributed by atoms with van der Waals surface area (Å²) in [6, 6.07) is 7.46. The van der Waals surface area contributed by atoms with Crippen LogP contribution in [0, 0.1) is 23.5 Å². The molecule has 0 amide bonds. The van der Waals surface area contributed by atoms with Gasteiger partial charge in [-0.15, -0.1) is 0 Å². The van der Waals surface area contributed by atoms with Crippen LogP contribution in [0.25, 0.3) is 0 Å². The van der Waals surface area contributed by atoms with Crippen molar-refractivity contribution in [2.24, 2.45) is 11.8 Å². The fourth-order valence-electron chi connectivity index (χ4n) is 5.37. The van der Waals surface area contributed by atoms with Crippen LogP contribution in [-0.2, 0) is 6.42 Å². The minimum absolute atomic E-state index is 0.516. The van der Waals surface area contributed by atoms with Gasteiger partial charge in [-0.2, -0.15) is 0 Å². The number of hydrogen-bond acceptors (Lipinski definition) is 0. The summed E-state index contributed by atoms with van der Waals surface area (Å²) < 4.78 is 26.3. The van der Waals surface area contributed by atoms with E-state index in [1.165, 1.54) is 75.6 Å². The fourth-order valence-corrected chi connectivity index (χ4v) is 9.73. The van der Waals surface area contributed by atoms with E-state index in [-0.39, 0.29) is 0 Å². The normalized spacial score (nSPS) is 30.4.